The average Bonchev–Trinajstić information content (AvgIpc) is 2.65. The molecule has 0 heterocycles. The van der Waals surface area contributed by atoms with Gasteiger partial charge in [-0.05, 0) is 50.7 Å². The minimum Gasteiger partial charge on any atom is -0.353 e. The molecule has 2 aliphatic rings. The minimum atomic E-state index is -0.779. The standard InChI is InChI=1S/C20H26F2N2O2/c21-15-10-11-18(17(22)12-15)24-20(26)14-8-6-13(7-9-14)19(25)23-16-4-2-1-3-5-16/h10-14,16H,1-9H2,(H,23,25)(H,24,26). The van der Waals surface area contributed by atoms with Crippen LogP contribution in [0.5, 0.6) is 0 Å². The zero-order valence-electron chi connectivity index (χ0n) is 14.9. The van der Waals surface area contributed by atoms with Crippen molar-refractivity contribution in [2.45, 2.75) is 63.8 Å². The summed E-state index contributed by atoms with van der Waals surface area (Å²) in [5.74, 6) is -1.88. The van der Waals surface area contributed by atoms with Gasteiger partial charge in [0.15, 0.2) is 0 Å². The van der Waals surface area contributed by atoms with Crippen LogP contribution in [0.25, 0.3) is 0 Å². The van der Waals surface area contributed by atoms with Crippen LogP contribution in [0.2, 0.25) is 0 Å². The van der Waals surface area contributed by atoms with Crippen molar-refractivity contribution in [2.75, 3.05) is 5.32 Å². The molecular weight excluding hydrogens is 338 g/mol. The van der Waals surface area contributed by atoms with E-state index in [1.165, 1.54) is 25.3 Å². The summed E-state index contributed by atoms with van der Waals surface area (Å²) in [5, 5.41) is 5.70. The van der Waals surface area contributed by atoms with Crippen LogP contribution in [-0.2, 0) is 9.59 Å². The highest BCUT2D eigenvalue weighted by molar-refractivity contribution is 5.92. The van der Waals surface area contributed by atoms with Crippen molar-refractivity contribution in [1.82, 2.24) is 5.32 Å². The van der Waals surface area contributed by atoms with Gasteiger partial charge in [-0.25, -0.2) is 8.78 Å². The summed E-state index contributed by atoms with van der Waals surface area (Å²) in [6.07, 6.45) is 8.29. The molecule has 0 atom stereocenters. The first kappa shape index (κ1) is 18.8. The zero-order valence-corrected chi connectivity index (χ0v) is 14.9. The number of nitrogens with one attached hydrogen (secondary N) is 2. The number of halogens is 2. The molecule has 26 heavy (non-hydrogen) atoms. The summed E-state index contributed by atoms with van der Waals surface area (Å²) in [6, 6.07) is 3.40. The average molecular weight is 364 g/mol. The topological polar surface area (TPSA) is 58.2 Å². The van der Waals surface area contributed by atoms with Gasteiger partial charge in [0.1, 0.15) is 11.6 Å². The third kappa shape index (κ3) is 4.80. The second-order valence-corrected chi connectivity index (χ2v) is 7.51. The van der Waals surface area contributed by atoms with Crippen LogP contribution in [0.15, 0.2) is 18.2 Å². The molecule has 0 bridgehead atoms. The molecule has 4 nitrogen and oxygen atoms in total. The molecule has 2 N–H and O–H groups in total. The van der Waals surface area contributed by atoms with Crippen molar-refractivity contribution >= 4 is 17.5 Å². The summed E-state index contributed by atoms with van der Waals surface area (Å²) in [5.41, 5.74) is -0.00596. The maximum absolute atomic E-state index is 13.7. The largest absolute Gasteiger partial charge is 0.353 e. The first-order chi connectivity index (χ1) is 12.5. The fraction of sp³-hybridized carbons (Fsp3) is 0.600. The quantitative estimate of drug-likeness (QED) is 0.843. The highest BCUT2D eigenvalue weighted by Crippen LogP contribution is 2.31. The summed E-state index contributed by atoms with van der Waals surface area (Å²) in [6.45, 7) is 0. The lowest BCUT2D eigenvalue weighted by Gasteiger charge is -2.29. The first-order valence-electron chi connectivity index (χ1n) is 9.59. The number of amides is 2. The number of rotatable bonds is 4. The number of benzene rings is 1. The fourth-order valence-electron chi connectivity index (χ4n) is 4.01. The van der Waals surface area contributed by atoms with Crippen molar-refractivity contribution in [3.8, 4) is 0 Å². The molecule has 142 valence electrons. The predicted octanol–water partition coefficient (Wildman–Crippen LogP) is 4.16. The molecule has 2 amide bonds. The Kier molecular flexibility index (Phi) is 6.22. The van der Waals surface area contributed by atoms with Gasteiger partial charge < -0.3 is 10.6 Å². The van der Waals surface area contributed by atoms with Gasteiger partial charge in [0.25, 0.3) is 0 Å². The Balaban J connectivity index is 1.46. The van der Waals surface area contributed by atoms with Gasteiger partial charge in [-0.3, -0.25) is 9.59 Å². The molecule has 1 aromatic carbocycles. The van der Waals surface area contributed by atoms with Gasteiger partial charge in [0.05, 0.1) is 5.69 Å². The molecule has 1 aromatic rings. The van der Waals surface area contributed by atoms with E-state index in [4.69, 9.17) is 0 Å². The van der Waals surface area contributed by atoms with Crippen LogP contribution in [0.3, 0.4) is 0 Å². The molecule has 6 heteroatoms. The van der Waals surface area contributed by atoms with Crippen LogP contribution in [0, 0.1) is 23.5 Å². The fourth-order valence-corrected chi connectivity index (χ4v) is 4.01. The molecule has 2 fully saturated rings. The zero-order chi connectivity index (χ0) is 18.5. The van der Waals surface area contributed by atoms with E-state index in [0.717, 1.165) is 25.0 Å². The van der Waals surface area contributed by atoms with Gasteiger partial charge in [-0.15, -0.1) is 0 Å². The minimum absolute atomic E-state index is 0.00596. The van der Waals surface area contributed by atoms with Crippen molar-refractivity contribution in [3.63, 3.8) is 0 Å². The van der Waals surface area contributed by atoms with E-state index in [1.54, 1.807) is 0 Å². The van der Waals surface area contributed by atoms with Crippen LogP contribution in [0.1, 0.15) is 57.8 Å². The molecule has 0 aromatic heterocycles. The van der Waals surface area contributed by atoms with E-state index in [0.29, 0.717) is 31.7 Å². The van der Waals surface area contributed by atoms with Gasteiger partial charge >= 0.3 is 0 Å². The molecule has 0 saturated heterocycles. The lowest BCUT2D eigenvalue weighted by Crippen LogP contribution is -2.41. The SMILES string of the molecule is O=C(Nc1ccc(F)cc1F)C1CCC(C(=O)NC2CCCCC2)CC1. The molecule has 0 aliphatic heterocycles. The smallest absolute Gasteiger partial charge is 0.227 e. The summed E-state index contributed by atoms with van der Waals surface area (Å²) in [4.78, 5) is 24.7. The third-order valence-electron chi connectivity index (χ3n) is 5.61. The van der Waals surface area contributed by atoms with Gasteiger partial charge in [0, 0.05) is 23.9 Å². The number of anilines is 1. The van der Waals surface area contributed by atoms with Crippen molar-refractivity contribution in [1.29, 1.82) is 0 Å². The van der Waals surface area contributed by atoms with Gasteiger partial charge in [0.2, 0.25) is 11.8 Å². The van der Waals surface area contributed by atoms with Crippen LogP contribution in [0.4, 0.5) is 14.5 Å². The van der Waals surface area contributed by atoms with Crippen molar-refractivity contribution in [3.05, 3.63) is 29.8 Å². The number of hydrogen-bond acceptors (Lipinski definition) is 2. The highest BCUT2D eigenvalue weighted by atomic mass is 19.1. The summed E-state index contributed by atoms with van der Waals surface area (Å²) >= 11 is 0. The molecule has 2 saturated carbocycles. The number of carbonyl (C=O) groups excluding carboxylic acids is 2. The van der Waals surface area contributed by atoms with Crippen molar-refractivity contribution < 1.29 is 18.4 Å². The van der Waals surface area contributed by atoms with E-state index in [1.807, 2.05) is 0 Å². The number of carbonyl (C=O) groups is 2. The Hall–Kier alpha value is -1.98. The maximum atomic E-state index is 13.7. The maximum Gasteiger partial charge on any atom is 0.227 e. The molecule has 2 aliphatic carbocycles. The predicted molar refractivity (Wildman–Crippen MR) is 95.5 cm³/mol. The van der Waals surface area contributed by atoms with Crippen LogP contribution < -0.4 is 10.6 Å². The monoisotopic (exact) mass is 364 g/mol. The molecule has 3 rings (SSSR count). The van der Waals surface area contributed by atoms with E-state index in [9.17, 15) is 18.4 Å². The van der Waals surface area contributed by atoms with E-state index in [2.05, 4.69) is 10.6 Å². The van der Waals surface area contributed by atoms with Crippen LogP contribution in [-0.4, -0.2) is 17.9 Å². The Labute approximate surface area is 152 Å². The molecule has 0 radical (unpaired) electrons. The second kappa shape index (κ2) is 8.60. The lowest BCUT2D eigenvalue weighted by atomic mass is 9.80. The van der Waals surface area contributed by atoms with Crippen molar-refractivity contribution in [2.24, 2.45) is 11.8 Å². The third-order valence-corrected chi connectivity index (χ3v) is 5.61. The Morgan fingerprint density at radius 3 is 2.08 bits per heavy atom. The number of hydrogen-bond donors (Lipinski definition) is 2. The first-order valence-corrected chi connectivity index (χ1v) is 9.59. The van der Waals surface area contributed by atoms with Gasteiger partial charge in [-0.1, -0.05) is 19.3 Å². The summed E-state index contributed by atoms with van der Waals surface area (Å²) in [7, 11) is 0. The van der Waals surface area contributed by atoms with E-state index in [-0.39, 0.29) is 29.3 Å². The summed E-state index contributed by atoms with van der Waals surface area (Å²) < 4.78 is 26.6. The lowest BCUT2D eigenvalue weighted by molar-refractivity contribution is -0.129. The van der Waals surface area contributed by atoms with Crippen LogP contribution >= 0.6 is 0 Å². The Morgan fingerprint density at radius 2 is 1.46 bits per heavy atom. The molecule has 0 unspecified atom stereocenters. The molecule has 0 spiro atoms. The van der Waals surface area contributed by atoms with E-state index >= 15 is 0 Å². The Bertz CT molecular complexity index is 651. The second-order valence-electron chi connectivity index (χ2n) is 7.51. The van der Waals surface area contributed by atoms with Gasteiger partial charge in [-0.2, -0.15) is 0 Å². The normalized spacial score (nSPS) is 24.1. The Morgan fingerprint density at radius 1 is 0.846 bits per heavy atom. The highest BCUT2D eigenvalue weighted by Gasteiger charge is 2.31. The molecular formula is C20H26F2N2O2. The van der Waals surface area contributed by atoms with E-state index < -0.39 is 11.6 Å².